The minimum atomic E-state index is 0.0737. The van der Waals surface area contributed by atoms with Crippen LogP contribution in [-0.2, 0) is 10.8 Å². The highest BCUT2D eigenvalue weighted by molar-refractivity contribution is 6.73. The number of hydrogen-bond acceptors (Lipinski definition) is 1. The van der Waals surface area contributed by atoms with Gasteiger partial charge >= 0.3 is 0 Å². The summed E-state index contributed by atoms with van der Waals surface area (Å²) in [5.74, 6) is 0. The maximum absolute atomic E-state index is 3.82. The van der Waals surface area contributed by atoms with Crippen LogP contribution in [-0.4, -0.2) is 11.8 Å². The fourth-order valence-corrected chi connectivity index (χ4v) is 10.2. The van der Waals surface area contributed by atoms with Crippen molar-refractivity contribution in [1.82, 2.24) is 4.57 Å². The van der Waals surface area contributed by atoms with Gasteiger partial charge in [0.25, 0.3) is 0 Å². The van der Waals surface area contributed by atoms with E-state index in [1.54, 1.807) is 0 Å². The fourth-order valence-electron chi connectivity index (χ4n) is 10.2. The topological polar surface area (TPSA) is 17.0 Å². The molecule has 0 spiro atoms. The van der Waals surface area contributed by atoms with Crippen molar-refractivity contribution in [2.75, 3.05) is 5.32 Å². The van der Waals surface area contributed by atoms with Crippen LogP contribution < -0.4 is 16.2 Å². The van der Waals surface area contributed by atoms with Gasteiger partial charge in [0, 0.05) is 38.9 Å². The highest BCUT2D eigenvalue weighted by Gasteiger charge is 2.39. The molecule has 0 saturated carbocycles. The quantitative estimate of drug-likeness (QED) is 0.167. The van der Waals surface area contributed by atoms with E-state index in [9.17, 15) is 0 Å². The van der Waals surface area contributed by atoms with E-state index in [-0.39, 0.29) is 10.8 Å². The molecule has 59 heavy (non-hydrogen) atoms. The predicted molar refractivity (Wildman–Crippen MR) is 254 cm³/mol. The van der Waals surface area contributed by atoms with Crippen LogP contribution in [0.3, 0.4) is 0 Å². The summed E-state index contributed by atoms with van der Waals surface area (Å²) < 4.78 is 2.64. The lowest BCUT2D eigenvalue weighted by molar-refractivity contribution is 0.332. The largest absolute Gasteiger partial charge is 0.355 e. The third-order valence-corrected chi connectivity index (χ3v) is 13.4. The first-order chi connectivity index (χ1) is 28.7. The van der Waals surface area contributed by atoms with Gasteiger partial charge in [-0.25, -0.2) is 0 Å². The zero-order valence-corrected chi connectivity index (χ0v) is 34.3. The zero-order chi connectivity index (χ0) is 39.9. The first-order valence-corrected chi connectivity index (χ1v) is 21.2. The number of para-hydroxylation sites is 3. The summed E-state index contributed by atoms with van der Waals surface area (Å²) in [4.78, 5) is 0. The van der Waals surface area contributed by atoms with Gasteiger partial charge in [-0.1, -0.05) is 148 Å². The summed E-state index contributed by atoms with van der Waals surface area (Å²) in [5, 5.41) is 6.50. The molecule has 0 bridgehead atoms. The maximum atomic E-state index is 3.82. The SMILES string of the molecule is CC1(C)CCC(C)(C)c2cc3c(cc21)c1c(-c2cc(-c4ccccc4)cc(-c4ccccc4)c2)cc(-c2ccccc2Nc2ccccc2)c2c1n3-c1ccccc1B2. The summed E-state index contributed by atoms with van der Waals surface area (Å²) in [6.45, 7) is 9.81. The molecule has 284 valence electrons. The summed E-state index contributed by atoms with van der Waals surface area (Å²) >= 11 is 0. The van der Waals surface area contributed by atoms with E-state index in [0.29, 0.717) is 0 Å². The average Bonchev–Trinajstić information content (AvgIpc) is 3.61. The molecule has 2 aliphatic rings. The number of fused-ring (bicyclic) bond motifs is 6. The zero-order valence-electron chi connectivity index (χ0n) is 34.3. The van der Waals surface area contributed by atoms with Crippen LogP contribution in [0.1, 0.15) is 51.7 Å². The summed E-state index contributed by atoms with van der Waals surface area (Å²) in [6.07, 6.45) is 2.35. The molecule has 3 heteroatoms. The van der Waals surface area contributed by atoms with Crippen LogP contribution in [0.4, 0.5) is 11.4 Å². The van der Waals surface area contributed by atoms with Gasteiger partial charge in [0.1, 0.15) is 0 Å². The Hall–Kier alpha value is -6.58. The molecule has 0 radical (unpaired) electrons. The molecule has 9 aromatic rings. The molecule has 1 aliphatic carbocycles. The Bertz CT molecular complexity index is 3030. The van der Waals surface area contributed by atoms with Gasteiger partial charge < -0.3 is 9.88 Å². The number of nitrogens with zero attached hydrogens (tertiary/aromatic N) is 1. The van der Waals surface area contributed by atoms with Crippen LogP contribution in [0.15, 0.2) is 176 Å². The Morgan fingerprint density at radius 3 is 1.73 bits per heavy atom. The van der Waals surface area contributed by atoms with Crippen molar-refractivity contribution >= 4 is 51.4 Å². The van der Waals surface area contributed by atoms with Crippen molar-refractivity contribution in [3.63, 3.8) is 0 Å². The van der Waals surface area contributed by atoms with E-state index in [1.807, 2.05) is 0 Å². The number of anilines is 2. The Morgan fingerprint density at radius 2 is 1.05 bits per heavy atom. The monoisotopic (exact) mass is 758 g/mol. The number of aromatic nitrogens is 1. The van der Waals surface area contributed by atoms with Crippen molar-refractivity contribution in [2.24, 2.45) is 0 Å². The Labute approximate surface area is 348 Å². The van der Waals surface area contributed by atoms with Gasteiger partial charge in [-0.2, -0.15) is 0 Å². The van der Waals surface area contributed by atoms with Crippen LogP contribution >= 0.6 is 0 Å². The van der Waals surface area contributed by atoms with Crippen LogP contribution in [0.2, 0.25) is 0 Å². The van der Waals surface area contributed by atoms with E-state index >= 15 is 0 Å². The average molecular weight is 759 g/mol. The highest BCUT2D eigenvalue weighted by atomic mass is 15.0. The molecule has 0 fully saturated rings. The van der Waals surface area contributed by atoms with Gasteiger partial charge in [-0.3, -0.25) is 0 Å². The molecule has 11 rings (SSSR count). The maximum Gasteiger partial charge on any atom is 0.198 e. The molecule has 1 aliphatic heterocycles. The third kappa shape index (κ3) is 5.86. The van der Waals surface area contributed by atoms with Crippen LogP contribution in [0, 0.1) is 0 Å². The molecule has 1 N–H and O–H groups in total. The van der Waals surface area contributed by atoms with Crippen molar-refractivity contribution < 1.29 is 0 Å². The van der Waals surface area contributed by atoms with Crippen molar-refractivity contribution in [1.29, 1.82) is 0 Å². The van der Waals surface area contributed by atoms with Gasteiger partial charge in [0.05, 0.1) is 5.52 Å². The molecular formula is C56H47BN2. The Kier molecular flexibility index (Phi) is 8.14. The van der Waals surface area contributed by atoms with Crippen molar-refractivity contribution in [3.8, 4) is 50.2 Å². The molecule has 0 unspecified atom stereocenters. The molecule has 8 aromatic carbocycles. The van der Waals surface area contributed by atoms with E-state index in [2.05, 4.69) is 214 Å². The Balaban J connectivity index is 1.31. The number of rotatable bonds is 6. The van der Waals surface area contributed by atoms with Crippen LogP contribution in [0.25, 0.3) is 72.0 Å². The second kappa shape index (κ2) is 13.5. The molecule has 1 aromatic heterocycles. The lowest BCUT2D eigenvalue weighted by Crippen LogP contribution is -2.37. The predicted octanol–water partition coefficient (Wildman–Crippen LogP) is 13.2. The number of benzene rings is 8. The minimum Gasteiger partial charge on any atom is -0.355 e. The summed E-state index contributed by atoms with van der Waals surface area (Å²) in [5.41, 5.74) is 21.8. The third-order valence-electron chi connectivity index (χ3n) is 13.4. The van der Waals surface area contributed by atoms with E-state index in [0.717, 1.165) is 18.7 Å². The number of nitrogens with one attached hydrogen (secondary N) is 1. The minimum absolute atomic E-state index is 0.0737. The molecule has 2 heterocycles. The smallest absolute Gasteiger partial charge is 0.198 e. The van der Waals surface area contributed by atoms with Gasteiger partial charge in [0.15, 0.2) is 7.28 Å². The number of hydrogen-bond donors (Lipinski definition) is 1. The van der Waals surface area contributed by atoms with E-state index in [4.69, 9.17) is 0 Å². The molecule has 0 saturated heterocycles. The first-order valence-electron chi connectivity index (χ1n) is 21.2. The highest BCUT2D eigenvalue weighted by Crippen LogP contribution is 2.50. The van der Waals surface area contributed by atoms with Crippen molar-refractivity contribution in [2.45, 2.75) is 51.4 Å². The normalized spacial score (nSPS) is 14.7. The van der Waals surface area contributed by atoms with Gasteiger partial charge in [-0.05, 0) is 140 Å². The Morgan fingerprint density at radius 1 is 0.492 bits per heavy atom. The molecule has 0 atom stereocenters. The lowest BCUT2D eigenvalue weighted by Gasteiger charge is -2.42. The van der Waals surface area contributed by atoms with E-state index in [1.165, 1.54) is 107 Å². The summed E-state index contributed by atoms with van der Waals surface area (Å²) in [7, 11) is 0.855. The van der Waals surface area contributed by atoms with Crippen molar-refractivity contribution in [3.05, 3.63) is 187 Å². The first kappa shape index (κ1) is 35.6. The van der Waals surface area contributed by atoms with Crippen LogP contribution in [0.5, 0.6) is 0 Å². The van der Waals surface area contributed by atoms with Gasteiger partial charge in [0.2, 0.25) is 0 Å². The standard InChI is InChI=1S/C56H47BN2/c1-55(2)28-29-56(3,4)47-35-51-45(34-46(47)55)52-43(40-31-38(36-18-8-5-9-19-36)30-39(32-40)37-20-10-6-11-21-37)33-44(53-54(52)59(51)50-27-17-15-25-48(50)57-53)42-24-14-16-26-49(42)58-41-22-12-7-13-23-41/h5-27,30-35,57-58H,28-29H2,1-4H3. The molecule has 2 nitrogen and oxygen atoms in total. The fraction of sp³-hybridized carbons (Fsp3) is 0.143. The molecular weight excluding hydrogens is 711 g/mol. The molecule has 0 amide bonds. The second-order valence-corrected chi connectivity index (χ2v) is 18.1. The van der Waals surface area contributed by atoms with E-state index < -0.39 is 0 Å². The lowest BCUT2D eigenvalue weighted by atomic mass is 9.58. The second-order valence-electron chi connectivity index (χ2n) is 18.1. The van der Waals surface area contributed by atoms with Gasteiger partial charge in [-0.15, -0.1) is 0 Å². The summed E-state index contributed by atoms with van der Waals surface area (Å²) in [6, 6.07) is 65.2.